The molecule has 0 bridgehead atoms. The Kier molecular flexibility index (Phi) is 3.97. The van der Waals surface area contributed by atoms with E-state index in [1.165, 1.54) is 11.1 Å². The maximum atomic E-state index is 5.50. The van der Waals surface area contributed by atoms with E-state index in [2.05, 4.69) is 38.1 Å². The van der Waals surface area contributed by atoms with Gasteiger partial charge in [-0.25, -0.2) is 0 Å². The van der Waals surface area contributed by atoms with Crippen LogP contribution in [-0.2, 0) is 6.42 Å². The Labute approximate surface area is 81.0 Å². The topological polar surface area (TPSA) is 26.0 Å². The largest absolute Gasteiger partial charge is 0.330 e. The molecular formula is C12H19N. The second kappa shape index (κ2) is 5.03. The second-order valence-corrected chi connectivity index (χ2v) is 3.75. The molecule has 0 aliphatic carbocycles. The predicted molar refractivity (Wildman–Crippen MR) is 57.9 cm³/mol. The van der Waals surface area contributed by atoms with Crippen molar-refractivity contribution < 1.29 is 0 Å². The SMILES string of the molecule is CC(C)c1ccccc1CCCN. The van der Waals surface area contributed by atoms with Crippen LogP contribution in [0.2, 0.25) is 0 Å². The van der Waals surface area contributed by atoms with E-state index in [1.807, 2.05) is 0 Å². The van der Waals surface area contributed by atoms with Crippen LogP contribution >= 0.6 is 0 Å². The van der Waals surface area contributed by atoms with Crippen molar-refractivity contribution in [1.29, 1.82) is 0 Å². The Morgan fingerprint density at radius 3 is 2.54 bits per heavy atom. The van der Waals surface area contributed by atoms with Crippen molar-refractivity contribution in [3.05, 3.63) is 35.4 Å². The molecule has 0 spiro atoms. The third kappa shape index (κ3) is 2.85. The molecule has 0 aliphatic rings. The van der Waals surface area contributed by atoms with Gasteiger partial charge in [0.05, 0.1) is 0 Å². The highest BCUT2D eigenvalue weighted by Crippen LogP contribution is 2.19. The standard InChI is InChI=1S/C12H19N/c1-10(2)12-8-4-3-6-11(12)7-5-9-13/h3-4,6,8,10H,5,7,9,13H2,1-2H3. The Morgan fingerprint density at radius 2 is 1.92 bits per heavy atom. The Balaban J connectivity index is 2.78. The van der Waals surface area contributed by atoms with Crippen LogP contribution in [0, 0.1) is 0 Å². The lowest BCUT2D eigenvalue weighted by molar-refractivity contribution is 0.791. The van der Waals surface area contributed by atoms with Crippen LogP contribution in [0.3, 0.4) is 0 Å². The molecule has 0 atom stereocenters. The number of benzene rings is 1. The number of hydrogen-bond donors (Lipinski definition) is 1. The van der Waals surface area contributed by atoms with E-state index in [-0.39, 0.29) is 0 Å². The molecule has 1 heteroatoms. The van der Waals surface area contributed by atoms with E-state index in [9.17, 15) is 0 Å². The zero-order chi connectivity index (χ0) is 9.68. The smallest absolute Gasteiger partial charge is 0.00741 e. The molecule has 0 saturated carbocycles. The summed E-state index contributed by atoms with van der Waals surface area (Å²) in [5, 5.41) is 0. The number of hydrogen-bond acceptors (Lipinski definition) is 1. The highest BCUT2D eigenvalue weighted by Gasteiger charge is 2.04. The Bertz CT molecular complexity index is 253. The predicted octanol–water partition coefficient (Wildman–Crippen LogP) is 2.70. The summed E-state index contributed by atoms with van der Waals surface area (Å²) < 4.78 is 0. The van der Waals surface area contributed by atoms with E-state index in [1.54, 1.807) is 0 Å². The zero-order valence-electron chi connectivity index (χ0n) is 8.59. The first-order valence-corrected chi connectivity index (χ1v) is 5.03. The third-order valence-corrected chi connectivity index (χ3v) is 2.33. The molecule has 0 heterocycles. The van der Waals surface area contributed by atoms with E-state index in [0.29, 0.717) is 5.92 Å². The maximum absolute atomic E-state index is 5.50. The number of aryl methyl sites for hydroxylation is 1. The van der Waals surface area contributed by atoms with E-state index >= 15 is 0 Å². The molecule has 13 heavy (non-hydrogen) atoms. The fourth-order valence-corrected chi connectivity index (χ4v) is 1.62. The first kappa shape index (κ1) is 10.3. The summed E-state index contributed by atoms with van der Waals surface area (Å²) in [5.41, 5.74) is 8.43. The zero-order valence-corrected chi connectivity index (χ0v) is 8.59. The van der Waals surface area contributed by atoms with Gasteiger partial charge in [0.1, 0.15) is 0 Å². The molecule has 0 unspecified atom stereocenters. The first-order valence-electron chi connectivity index (χ1n) is 5.03. The molecule has 0 radical (unpaired) electrons. The monoisotopic (exact) mass is 177 g/mol. The summed E-state index contributed by atoms with van der Waals surface area (Å²) >= 11 is 0. The fraction of sp³-hybridized carbons (Fsp3) is 0.500. The summed E-state index contributed by atoms with van der Waals surface area (Å²) in [7, 11) is 0. The molecule has 0 amide bonds. The van der Waals surface area contributed by atoms with Crippen LogP contribution in [0.15, 0.2) is 24.3 Å². The average Bonchev–Trinajstić information content (AvgIpc) is 2.15. The van der Waals surface area contributed by atoms with E-state index in [4.69, 9.17) is 5.73 Å². The van der Waals surface area contributed by atoms with Crippen molar-refractivity contribution in [2.24, 2.45) is 5.73 Å². The highest BCUT2D eigenvalue weighted by atomic mass is 14.5. The molecule has 72 valence electrons. The minimum atomic E-state index is 0.619. The third-order valence-electron chi connectivity index (χ3n) is 2.33. The fourth-order valence-electron chi connectivity index (χ4n) is 1.62. The van der Waals surface area contributed by atoms with Crippen LogP contribution in [-0.4, -0.2) is 6.54 Å². The first-order chi connectivity index (χ1) is 6.25. The summed E-state index contributed by atoms with van der Waals surface area (Å²) in [6.45, 7) is 5.26. The molecule has 0 aromatic heterocycles. The summed E-state index contributed by atoms with van der Waals surface area (Å²) in [6.07, 6.45) is 2.20. The molecular weight excluding hydrogens is 158 g/mol. The Morgan fingerprint density at radius 1 is 1.23 bits per heavy atom. The van der Waals surface area contributed by atoms with Crippen LogP contribution in [0.4, 0.5) is 0 Å². The van der Waals surface area contributed by atoms with Crippen molar-refractivity contribution >= 4 is 0 Å². The highest BCUT2D eigenvalue weighted by molar-refractivity contribution is 5.29. The summed E-state index contributed by atoms with van der Waals surface area (Å²) in [6, 6.07) is 8.65. The molecule has 0 fully saturated rings. The van der Waals surface area contributed by atoms with Crippen LogP contribution in [0.5, 0.6) is 0 Å². The van der Waals surface area contributed by atoms with Crippen LogP contribution < -0.4 is 5.73 Å². The van der Waals surface area contributed by atoms with Gasteiger partial charge in [0.2, 0.25) is 0 Å². The molecule has 1 nitrogen and oxygen atoms in total. The van der Waals surface area contributed by atoms with E-state index in [0.717, 1.165) is 19.4 Å². The molecule has 0 saturated heterocycles. The van der Waals surface area contributed by atoms with Crippen molar-refractivity contribution in [2.75, 3.05) is 6.54 Å². The lowest BCUT2D eigenvalue weighted by atomic mass is 9.95. The molecule has 1 aromatic carbocycles. The van der Waals surface area contributed by atoms with Gasteiger partial charge in [-0.3, -0.25) is 0 Å². The van der Waals surface area contributed by atoms with Gasteiger partial charge < -0.3 is 5.73 Å². The molecule has 1 aromatic rings. The number of rotatable bonds is 4. The van der Waals surface area contributed by atoms with Crippen molar-refractivity contribution in [3.8, 4) is 0 Å². The molecule has 0 aliphatic heterocycles. The van der Waals surface area contributed by atoms with Gasteiger partial charge in [-0.05, 0) is 36.4 Å². The Hall–Kier alpha value is -0.820. The van der Waals surface area contributed by atoms with Crippen molar-refractivity contribution in [1.82, 2.24) is 0 Å². The van der Waals surface area contributed by atoms with Gasteiger partial charge in [0.25, 0.3) is 0 Å². The van der Waals surface area contributed by atoms with Gasteiger partial charge in [-0.15, -0.1) is 0 Å². The van der Waals surface area contributed by atoms with E-state index < -0.39 is 0 Å². The van der Waals surface area contributed by atoms with Gasteiger partial charge in [-0.2, -0.15) is 0 Å². The summed E-state index contributed by atoms with van der Waals surface area (Å²) in [5.74, 6) is 0.619. The van der Waals surface area contributed by atoms with Gasteiger partial charge in [0, 0.05) is 0 Å². The normalized spacial score (nSPS) is 10.8. The maximum Gasteiger partial charge on any atom is -0.00741 e. The van der Waals surface area contributed by atoms with Gasteiger partial charge in [-0.1, -0.05) is 38.1 Å². The minimum absolute atomic E-state index is 0.619. The minimum Gasteiger partial charge on any atom is -0.330 e. The average molecular weight is 177 g/mol. The summed E-state index contributed by atoms with van der Waals surface area (Å²) in [4.78, 5) is 0. The number of nitrogens with two attached hydrogens (primary N) is 1. The molecule has 1 rings (SSSR count). The van der Waals surface area contributed by atoms with Gasteiger partial charge in [0.15, 0.2) is 0 Å². The quantitative estimate of drug-likeness (QED) is 0.752. The lowest BCUT2D eigenvalue weighted by Crippen LogP contribution is -2.02. The van der Waals surface area contributed by atoms with Crippen LogP contribution in [0.1, 0.15) is 37.3 Å². The second-order valence-electron chi connectivity index (χ2n) is 3.75. The van der Waals surface area contributed by atoms with Crippen LogP contribution in [0.25, 0.3) is 0 Å². The molecule has 2 N–H and O–H groups in total. The van der Waals surface area contributed by atoms with Gasteiger partial charge >= 0.3 is 0 Å². The van der Waals surface area contributed by atoms with Crippen molar-refractivity contribution in [3.63, 3.8) is 0 Å². The van der Waals surface area contributed by atoms with Crippen molar-refractivity contribution in [2.45, 2.75) is 32.6 Å². The lowest BCUT2D eigenvalue weighted by Gasteiger charge is -2.11.